The molecule has 0 aliphatic heterocycles. The van der Waals surface area contributed by atoms with E-state index in [2.05, 4.69) is 14.7 Å². The number of fused-ring (bicyclic) bond motifs is 2. The molecule has 2 aliphatic carbocycles. The summed E-state index contributed by atoms with van der Waals surface area (Å²) in [4.78, 5) is 4.53. The van der Waals surface area contributed by atoms with E-state index in [4.69, 9.17) is 0 Å². The summed E-state index contributed by atoms with van der Waals surface area (Å²) in [6.45, 7) is 0. The van der Waals surface area contributed by atoms with Gasteiger partial charge >= 0.3 is 0 Å². The Balaban J connectivity index is 1.82. The second kappa shape index (κ2) is 3.19. The van der Waals surface area contributed by atoms with Gasteiger partial charge in [-0.25, -0.2) is 4.98 Å². The van der Waals surface area contributed by atoms with E-state index in [1.807, 2.05) is 7.05 Å². The summed E-state index contributed by atoms with van der Waals surface area (Å²) in [7, 11) is 1.91. The van der Waals surface area contributed by atoms with Crippen molar-refractivity contribution >= 4 is 16.7 Å². The van der Waals surface area contributed by atoms with Crippen LogP contribution in [0.25, 0.3) is 0 Å². The maximum absolute atomic E-state index is 4.53. The van der Waals surface area contributed by atoms with E-state index in [0.717, 1.165) is 22.8 Å². The van der Waals surface area contributed by atoms with Crippen LogP contribution in [-0.4, -0.2) is 16.4 Å². The second-order valence-corrected chi connectivity index (χ2v) is 5.24. The van der Waals surface area contributed by atoms with E-state index in [-0.39, 0.29) is 0 Å². The maximum Gasteiger partial charge on any atom is 0.202 e. The first-order chi connectivity index (χ1) is 6.86. The van der Waals surface area contributed by atoms with Crippen molar-refractivity contribution in [2.75, 3.05) is 12.4 Å². The number of aromatic nitrogens is 2. The van der Waals surface area contributed by atoms with E-state index in [9.17, 15) is 0 Å². The van der Waals surface area contributed by atoms with Gasteiger partial charge in [0.2, 0.25) is 5.13 Å². The molecule has 3 rings (SSSR count). The van der Waals surface area contributed by atoms with Crippen LogP contribution in [0.5, 0.6) is 0 Å². The molecule has 2 aliphatic rings. The molecule has 2 fully saturated rings. The summed E-state index contributed by atoms with van der Waals surface area (Å²) in [5, 5.41) is 4.02. The number of rotatable bonds is 2. The molecule has 76 valence electrons. The van der Waals surface area contributed by atoms with Gasteiger partial charge in [0.05, 0.1) is 0 Å². The van der Waals surface area contributed by atoms with Crippen molar-refractivity contribution in [3.8, 4) is 0 Å². The summed E-state index contributed by atoms with van der Waals surface area (Å²) in [5.74, 6) is 3.64. The van der Waals surface area contributed by atoms with Crippen molar-refractivity contribution in [3.63, 3.8) is 0 Å². The molecular weight excluding hydrogens is 194 g/mol. The Morgan fingerprint density at radius 1 is 1.36 bits per heavy atom. The molecule has 0 radical (unpaired) electrons. The first-order valence-electron chi connectivity index (χ1n) is 5.38. The zero-order valence-corrected chi connectivity index (χ0v) is 9.18. The molecule has 0 spiro atoms. The average molecular weight is 209 g/mol. The SMILES string of the molecule is CNc1nc(C2CC3CCC2C3)ns1. The molecule has 3 nitrogen and oxygen atoms in total. The van der Waals surface area contributed by atoms with Crippen LogP contribution in [0.15, 0.2) is 0 Å². The van der Waals surface area contributed by atoms with Crippen LogP contribution in [0.4, 0.5) is 5.13 Å². The van der Waals surface area contributed by atoms with Gasteiger partial charge in [0.15, 0.2) is 0 Å². The largest absolute Gasteiger partial charge is 0.363 e. The Morgan fingerprint density at radius 3 is 2.86 bits per heavy atom. The summed E-state index contributed by atoms with van der Waals surface area (Å²) in [5.41, 5.74) is 0. The first kappa shape index (κ1) is 8.65. The van der Waals surface area contributed by atoms with Crippen LogP contribution < -0.4 is 5.32 Å². The van der Waals surface area contributed by atoms with Crippen molar-refractivity contribution in [2.24, 2.45) is 11.8 Å². The van der Waals surface area contributed by atoms with Crippen LogP contribution in [0.3, 0.4) is 0 Å². The van der Waals surface area contributed by atoms with Crippen molar-refractivity contribution in [1.82, 2.24) is 9.36 Å². The van der Waals surface area contributed by atoms with Crippen LogP contribution in [-0.2, 0) is 0 Å². The lowest BCUT2D eigenvalue weighted by Crippen LogP contribution is -2.09. The lowest BCUT2D eigenvalue weighted by Gasteiger charge is -2.17. The summed E-state index contributed by atoms with van der Waals surface area (Å²) >= 11 is 1.49. The van der Waals surface area contributed by atoms with Gasteiger partial charge in [0.25, 0.3) is 0 Å². The van der Waals surface area contributed by atoms with E-state index >= 15 is 0 Å². The van der Waals surface area contributed by atoms with Crippen molar-refractivity contribution < 1.29 is 0 Å². The van der Waals surface area contributed by atoms with Gasteiger partial charge in [-0.05, 0) is 31.1 Å². The standard InChI is InChI=1S/C10H15N3S/c1-11-10-12-9(13-14-10)8-5-6-2-3-7(8)4-6/h6-8H,2-5H2,1H3,(H,11,12,13). The Labute approximate surface area is 88.1 Å². The molecule has 1 heterocycles. The lowest BCUT2D eigenvalue weighted by molar-refractivity contribution is 0.408. The molecule has 2 saturated carbocycles. The average Bonchev–Trinajstić information content (AvgIpc) is 2.93. The van der Waals surface area contributed by atoms with Crippen molar-refractivity contribution in [3.05, 3.63) is 5.82 Å². The van der Waals surface area contributed by atoms with Crippen LogP contribution in [0, 0.1) is 11.8 Å². The van der Waals surface area contributed by atoms with Gasteiger partial charge in [-0.2, -0.15) is 4.37 Å². The molecule has 0 saturated heterocycles. The normalized spacial score (nSPS) is 35.1. The van der Waals surface area contributed by atoms with E-state index in [1.165, 1.54) is 37.2 Å². The zero-order valence-electron chi connectivity index (χ0n) is 8.36. The van der Waals surface area contributed by atoms with E-state index < -0.39 is 0 Å². The number of anilines is 1. The number of hydrogen-bond donors (Lipinski definition) is 1. The predicted octanol–water partition coefficient (Wildman–Crippen LogP) is 2.48. The lowest BCUT2D eigenvalue weighted by atomic mass is 9.88. The highest BCUT2D eigenvalue weighted by atomic mass is 32.1. The zero-order chi connectivity index (χ0) is 9.54. The van der Waals surface area contributed by atoms with E-state index in [0.29, 0.717) is 5.92 Å². The fourth-order valence-corrected chi connectivity index (χ4v) is 3.63. The highest BCUT2D eigenvalue weighted by Gasteiger charge is 2.41. The van der Waals surface area contributed by atoms with Crippen LogP contribution in [0.1, 0.15) is 37.4 Å². The minimum atomic E-state index is 0.673. The van der Waals surface area contributed by atoms with Crippen molar-refractivity contribution in [2.45, 2.75) is 31.6 Å². The molecule has 0 aromatic carbocycles. The minimum Gasteiger partial charge on any atom is -0.363 e. The molecule has 0 amide bonds. The third-order valence-corrected chi connectivity index (χ3v) is 4.47. The highest BCUT2D eigenvalue weighted by molar-refractivity contribution is 7.09. The smallest absolute Gasteiger partial charge is 0.202 e. The molecule has 1 aromatic rings. The Bertz CT molecular complexity index is 336. The summed E-state index contributed by atoms with van der Waals surface area (Å²) < 4.78 is 4.46. The predicted molar refractivity (Wildman–Crippen MR) is 57.6 cm³/mol. The van der Waals surface area contributed by atoms with Gasteiger partial charge in [-0.3, -0.25) is 0 Å². The van der Waals surface area contributed by atoms with Gasteiger partial charge in [-0.1, -0.05) is 6.42 Å². The Hall–Kier alpha value is -0.640. The molecule has 1 N–H and O–H groups in total. The topological polar surface area (TPSA) is 37.8 Å². The number of nitrogens with zero attached hydrogens (tertiary/aromatic N) is 2. The fourth-order valence-electron chi connectivity index (χ4n) is 3.05. The monoisotopic (exact) mass is 209 g/mol. The Morgan fingerprint density at radius 2 is 2.29 bits per heavy atom. The minimum absolute atomic E-state index is 0.673. The van der Waals surface area contributed by atoms with Gasteiger partial charge < -0.3 is 5.32 Å². The molecule has 3 atom stereocenters. The first-order valence-corrected chi connectivity index (χ1v) is 6.15. The summed E-state index contributed by atoms with van der Waals surface area (Å²) in [6, 6.07) is 0. The molecule has 1 aromatic heterocycles. The summed E-state index contributed by atoms with van der Waals surface area (Å²) in [6.07, 6.45) is 5.62. The highest BCUT2D eigenvalue weighted by Crippen LogP contribution is 2.52. The fraction of sp³-hybridized carbons (Fsp3) is 0.800. The molecule has 2 bridgehead atoms. The molecule has 4 heteroatoms. The van der Waals surface area contributed by atoms with Gasteiger partial charge in [0.1, 0.15) is 5.82 Å². The third-order valence-electron chi connectivity index (χ3n) is 3.73. The van der Waals surface area contributed by atoms with Gasteiger partial charge in [-0.15, -0.1) is 0 Å². The quantitative estimate of drug-likeness (QED) is 0.813. The Kier molecular flexibility index (Phi) is 1.97. The van der Waals surface area contributed by atoms with E-state index in [1.54, 1.807) is 0 Å². The number of nitrogens with one attached hydrogen (secondary N) is 1. The second-order valence-electron chi connectivity index (χ2n) is 4.49. The maximum atomic E-state index is 4.53. The molecule has 3 unspecified atom stereocenters. The van der Waals surface area contributed by atoms with Crippen molar-refractivity contribution in [1.29, 1.82) is 0 Å². The third kappa shape index (κ3) is 1.24. The van der Waals surface area contributed by atoms with Crippen LogP contribution >= 0.6 is 11.5 Å². The molecule has 14 heavy (non-hydrogen) atoms. The number of hydrogen-bond acceptors (Lipinski definition) is 4. The molecular formula is C10H15N3S. The van der Waals surface area contributed by atoms with Crippen LogP contribution in [0.2, 0.25) is 0 Å². The van der Waals surface area contributed by atoms with Gasteiger partial charge in [0, 0.05) is 24.5 Å².